The van der Waals surface area contributed by atoms with Gasteiger partial charge in [-0.3, -0.25) is 0 Å². The van der Waals surface area contributed by atoms with Crippen LogP contribution in [0.25, 0.3) is 0 Å². The second-order valence-corrected chi connectivity index (χ2v) is 3.78. The Morgan fingerprint density at radius 2 is 2.08 bits per heavy atom. The van der Waals surface area contributed by atoms with Crippen molar-refractivity contribution in [2.45, 2.75) is 19.8 Å². The maximum Gasteiger partial charge on any atom is 0.274 e. The maximum absolute atomic E-state index is 10.3. The van der Waals surface area contributed by atoms with Crippen LogP contribution < -0.4 is 9.86 Å². The molecule has 0 aromatic carbocycles. The molecule has 0 heterocycles. The Bertz CT molecular complexity index is 191. The van der Waals surface area contributed by atoms with E-state index in [0.29, 0.717) is 19.6 Å². The third kappa shape index (κ3) is 9.83. The standard InChI is InChI=1S/C6H16N2O3S/c1-2-5-11-6-3-4-8-12(7,9)10/h8H,2-6H2,1H3,(H2,7,9,10). The van der Waals surface area contributed by atoms with Crippen molar-refractivity contribution in [1.29, 1.82) is 0 Å². The zero-order valence-corrected chi connectivity index (χ0v) is 8.06. The third-order valence-corrected chi connectivity index (χ3v) is 1.72. The third-order valence-electron chi connectivity index (χ3n) is 1.12. The SMILES string of the molecule is CCCOCCCNS(N)(=O)=O. The molecule has 0 aromatic rings. The van der Waals surface area contributed by atoms with Gasteiger partial charge in [0, 0.05) is 19.8 Å². The van der Waals surface area contributed by atoms with Gasteiger partial charge in [0.1, 0.15) is 0 Å². The summed E-state index contributed by atoms with van der Waals surface area (Å²) in [7, 11) is -3.52. The van der Waals surface area contributed by atoms with Gasteiger partial charge >= 0.3 is 0 Å². The Hall–Kier alpha value is -0.170. The summed E-state index contributed by atoms with van der Waals surface area (Å²) in [6, 6.07) is 0. The minimum atomic E-state index is -3.52. The first-order valence-corrected chi connectivity index (χ1v) is 5.46. The molecule has 12 heavy (non-hydrogen) atoms. The van der Waals surface area contributed by atoms with Crippen molar-refractivity contribution >= 4 is 10.2 Å². The van der Waals surface area contributed by atoms with E-state index >= 15 is 0 Å². The molecule has 0 radical (unpaired) electrons. The van der Waals surface area contributed by atoms with Crippen molar-refractivity contribution in [3.05, 3.63) is 0 Å². The summed E-state index contributed by atoms with van der Waals surface area (Å²) in [6.07, 6.45) is 1.62. The molecule has 0 aliphatic heterocycles. The van der Waals surface area contributed by atoms with Crippen molar-refractivity contribution in [2.24, 2.45) is 5.14 Å². The Balaban J connectivity index is 3.12. The summed E-state index contributed by atoms with van der Waals surface area (Å²) in [5, 5.41) is 4.70. The van der Waals surface area contributed by atoms with Crippen LogP contribution in [-0.2, 0) is 14.9 Å². The summed E-state index contributed by atoms with van der Waals surface area (Å²) >= 11 is 0. The summed E-state index contributed by atoms with van der Waals surface area (Å²) in [4.78, 5) is 0. The molecule has 0 atom stereocenters. The highest BCUT2D eigenvalue weighted by Crippen LogP contribution is 1.84. The lowest BCUT2D eigenvalue weighted by atomic mass is 10.4. The molecular weight excluding hydrogens is 180 g/mol. The van der Waals surface area contributed by atoms with Crippen LogP contribution in [0.3, 0.4) is 0 Å². The van der Waals surface area contributed by atoms with E-state index in [0.717, 1.165) is 13.0 Å². The first kappa shape index (κ1) is 11.8. The molecule has 0 aliphatic rings. The Morgan fingerprint density at radius 3 is 2.58 bits per heavy atom. The van der Waals surface area contributed by atoms with Crippen LogP contribution >= 0.6 is 0 Å². The highest BCUT2D eigenvalue weighted by Gasteiger charge is 1.98. The topological polar surface area (TPSA) is 81.4 Å². The largest absolute Gasteiger partial charge is 0.381 e. The summed E-state index contributed by atoms with van der Waals surface area (Å²) in [6.45, 7) is 3.64. The normalized spacial score (nSPS) is 11.8. The summed E-state index contributed by atoms with van der Waals surface area (Å²) < 4.78 is 28.0. The quantitative estimate of drug-likeness (QED) is 0.543. The summed E-state index contributed by atoms with van der Waals surface area (Å²) in [5.41, 5.74) is 0. The molecule has 0 bridgehead atoms. The lowest BCUT2D eigenvalue weighted by Crippen LogP contribution is -2.31. The maximum atomic E-state index is 10.3. The second-order valence-electron chi connectivity index (χ2n) is 2.41. The predicted molar refractivity (Wildman–Crippen MR) is 46.8 cm³/mol. The van der Waals surface area contributed by atoms with Gasteiger partial charge in [0.05, 0.1) is 0 Å². The van der Waals surface area contributed by atoms with E-state index in [4.69, 9.17) is 9.88 Å². The number of nitrogens with one attached hydrogen (secondary N) is 1. The lowest BCUT2D eigenvalue weighted by molar-refractivity contribution is 0.133. The zero-order chi connectivity index (χ0) is 9.45. The van der Waals surface area contributed by atoms with Crippen molar-refractivity contribution in [1.82, 2.24) is 4.72 Å². The van der Waals surface area contributed by atoms with E-state index in [9.17, 15) is 8.42 Å². The van der Waals surface area contributed by atoms with E-state index in [1.165, 1.54) is 0 Å². The van der Waals surface area contributed by atoms with E-state index in [1.54, 1.807) is 0 Å². The Kier molecular flexibility index (Phi) is 6.27. The molecule has 6 heteroatoms. The van der Waals surface area contributed by atoms with Gasteiger partial charge in [-0.15, -0.1) is 0 Å². The molecule has 0 saturated heterocycles. The van der Waals surface area contributed by atoms with E-state index in [2.05, 4.69) is 4.72 Å². The zero-order valence-electron chi connectivity index (χ0n) is 7.25. The Labute approximate surface area is 73.5 Å². The minimum Gasteiger partial charge on any atom is -0.381 e. The second kappa shape index (κ2) is 6.36. The highest BCUT2D eigenvalue weighted by molar-refractivity contribution is 7.87. The average Bonchev–Trinajstić information content (AvgIpc) is 1.94. The van der Waals surface area contributed by atoms with Gasteiger partial charge in [-0.1, -0.05) is 6.92 Å². The van der Waals surface area contributed by atoms with Gasteiger partial charge in [-0.2, -0.15) is 8.42 Å². The van der Waals surface area contributed by atoms with E-state index in [1.807, 2.05) is 6.92 Å². The van der Waals surface area contributed by atoms with Crippen LogP contribution in [0.5, 0.6) is 0 Å². The molecule has 5 nitrogen and oxygen atoms in total. The van der Waals surface area contributed by atoms with Crippen LogP contribution in [-0.4, -0.2) is 28.2 Å². The van der Waals surface area contributed by atoms with Gasteiger partial charge in [0.2, 0.25) is 0 Å². The molecule has 0 fully saturated rings. The minimum absolute atomic E-state index is 0.336. The van der Waals surface area contributed by atoms with Crippen molar-refractivity contribution in [3.63, 3.8) is 0 Å². The molecular formula is C6H16N2O3S. The molecule has 3 N–H and O–H groups in total. The monoisotopic (exact) mass is 196 g/mol. The van der Waals surface area contributed by atoms with Gasteiger partial charge in [0.25, 0.3) is 10.2 Å². The van der Waals surface area contributed by atoms with Gasteiger partial charge in [-0.25, -0.2) is 9.86 Å². The van der Waals surface area contributed by atoms with E-state index in [-0.39, 0.29) is 0 Å². The smallest absolute Gasteiger partial charge is 0.274 e. The highest BCUT2D eigenvalue weighted by atomic mass is 32.2. The van der Waals surface area contributed by atoms with Gasteiger partial charge in [0.15, 0.2) is 0 Å². The summed E-state index contributed by atoms with van der Waals surface area (Å²) in [5.74, 6) is 0. The fourth-order valence-corrected chi connectivity index (χ4v) is 1.06. The molecule has 0 aromatic heterocycles. The predicted octanol–water partition coefficient (Wildman–Crippen LogP) is -0.404. The van der Waals surface area contributed by atoms with Crippen molar-refractivity contribution < 1.29 is 13.2 Å². The van der Waals surface area contributed by atoms with Crippen LogP contribution in [0.4, 0.5) is 0 Å². The number of hydrogen-bond acceptors (Lipinski definition) is 3. The van der Waals surface area contributed by atoms with E-state index < -0.39 is 10.2 Å². The number of hydrogen-bond donors (Lipinski definition) is 2. The van der Waals surface area contributed by atoms with Crippen molar-refractivity contribution in [3.8, 4) is 0 Å². The molecule has 0 rings (SSSR count). The molecule has 0 spiro atoms. The van der Waals surface area contributed by atoms with Crippen LogP contribution in [0.2, 0.25) is 0 Å². The average molecular weight is 196 g/mol. The first-order chi connectivity index (χ1) is 5.56. The van der Waals surface area contributed by atoms with Crippen LogP contribution in [0.1, 0.15) is 19.8 Å². The molecule has 0 saturated carbocycles. The number of rotatable bonds is 7. The van der Waals surface area contributed by atoms with Crippen LogP contribution in [0, 0.1) is 0 Å². The fraction of sp³-hybridized carbons (Fsp3) is 1.00. The van der Waals surface area contributed by atoms with Gasteiger partial charge in [-0.05, 0) is 12.8 Å². The first-order valence-electron chi connectivity index (χ1n) is 3.91. The molecule has 74 valence electrons. The van der Waals surface area contributed by atoms with Crippen molar-refractivity contribution in [2.75, 3.05) is 19.8 Å². The molecule has 0 unspecified atom stereocenters. The lowest BCUT2D eigenvalue weighted by Gasteiger charge is -2.02. The molecule has 0 aliphatic carbocycles. The number of nitrogens with two attached hydrogens (primary N) is 1. The Morgan fingerprint density at radius 1 is 1.42 bits per heavy atom. The number of ether oxygens (including phenoxy) is 1. The van der Waals surface area contributed by atoms with Crippen LogP contribution in [0.15, 0.2) is 0 Å². The van der Waals surface area contributed by atoms with Gasteiger partial charge < -0.3 is 4.74 Å². The fourth-order valence-electron chi connectivity index (χ4n) is 0.635. The molecule has 0 amide bonds.